The van der Waals surface area contributed by atoms with Crippen LogP contribution in [0.5, 0.6) is 0 Å². The molecule has 4 amide bonds. The molecule has 2 unspecified atom stereocenters. The van der Waals surface area contributed by atoms with Crippen LogP contribution in [0, 0.1) is 0 Å². The first-order chi connectivity index (χ1) is 12.0. The number of carbonyl (C=O) groups excluding carboxylic acids is 3. The minimum atomic E-state index is -0.202. The molecule has 0 aliphatic carbocycles. The van der Waals surface area contributed by atoms with Crippen LogP contribution in [0.1, 0.15) is 18.9 Å². The van der Waals surface area contributed by atoms with Crippen molar-refractivity contribution in [1.82, 2.24) is 20.4 Å². The van der Waals surface area contributed by atoms with E-state index in [1.807, 2.05) is 30.3 Å². The fourth-order valence-corrected chi connectivity index (χ4v) is 3.59. The zero-order valence-electron chi connectivity index (χ0n) is 14.4. The fraction of sp³-hybridized carbons (Fsp3) is 0.500. The van der Waals surface area contributed by atoms with Crippen molar-refractivity contribution in [3.05, 3.63) is 35.9 Å². The van der Waals surface area contributed by atoms with Crippen LogP contribution in [0.15, 0.2) is 30.3 Å². The second-order valence-corrected chi connectivity index (χ2v) is 6.68. The van der Waals surface area contributed by atoms with E-state index in [0.29, 0.717) is 26.1 Å². The van der Waals surface area contributed by atoms with E-state index >= 15 is 0 Å². The van der Waals surface area contributed by atoms with E-state index in [4.69, 9.17) is 0 Å². The van der Waals surface area contributed by atoms with E-state index in [1.165, 1.54) is 6.92 Å². The summed E-state index contributed by atoms with van der Waals surface area (Å²) >= 11 is 0. The third-order valence-electron chi connectivity index (χ3n) is 4.72. The lowest BCUT2D eigenvalue weighted by atomic mass is 10.1. The molecule has 3 rings (SSSR count). The molecule has 2 aliphatic rings. The first-order valence-corrected chi connectivity index (χ1v) is 8.66. The van der Waals surface area contributed by atoms with Crippen molar-refractivity contribution >= 4 is 17.8 Å². The molecule has 2 heterocycles. The van der Waals surface area contributed by atoms with Gasteiger partial charge >= 0.3 is 6.03 Å². The number of nitrogens with one attached hydrogen (secondary N) is 2. The van der Waals surface area contributed by atoms with Crippen molar-refractivity contribution in [2.24, 2.45) is 0 Å². The van der Waals surface area contributed by atoms with Gasteiger partial charge in [0, 0.05) is 32.6 Å². The molecule has 0 aromatic heterocycles. The second kappa shape index (κ2) is 7.55. The molecule has 7 nitrogen and oxygen atoms in total. The van der Waals surface area contributed by atoms with Gasteiger partial charge < -0.3 is 20.4 Å². The molecule has 2 fully saturated rings. The maximum absolute atomic E-state index is 12.4. The van der Waals surface area contributed by atoms with Gasteiger partial charge in [-0.3, -0.25) is 9.59 Å². The normalized spacial score (nSPS) is 22.5. The summed E-state index contributed by atoms with van der Waals surface area (Å²) in [6, 6.07) is 9.71. The highest BCUT2D eigenvalue weighted by molar-refractivity contribution is 5.86. The number of carbonyl (C=O) groups is 3. The van der Waals surface area contributed by atoms with Crippen molar-refractivity contribution in [3.8, 4) is 0 Å². The summed E-state index contributed by atoms with van der Waals surface area (Å²) in [5, 5.41) is 5.75. The summed E-state index contributed by atoms with van der Waals surface area (Å²) in [5.74, 6) is -0.143. The molecule has 1 aromatic rings. The van der Waals surface area contributed by atoms with Gasteiger partial charge in [-0.2, -0.15) is 0 Å². The number of benzene rings is 1. The Balaban J connectivity index is 1.49. The molecule has 2 aliphatic heterocycles. The number of piperazine rings is 1. The zero-order valence-corrected chi connectivity index (χ0v) is 14.4. The van der Waals surface area contributed by atoms with Gasteiger partial charge in [-0.05, 0) is 18.4 Å². The van der Waals surface area contributed by atoms with E-state index in [0.717, 1.165) is 12.0 Å². The average Bonchev–Trinajstić information content (AvgIpc) is 2.98. The van der Waals surface area contributed by atoms with Crippen LogP contribution in [-0.4, -0.2) is 65.9 Å². The van der Waals surface area contributed by atoms with Gasteiger partial charge in [0.1, 0.15) is 6.54 Å². The van der Waals surface area contributed by atoms with Gasteiger partial charge in [0.15, 0.2) is 0 Å². The third kappa shape index (κ3) is 4.29. The minimum absolute atomic E-state index is 0.0158. The molecule has 1 aromatic carbocycles. The van der Waals surface area contributed by atoms with Crippen molar-refractivity contribution in [3.63, 3.8) is 0 Å². The van der Waals surface area contributed by atoms with Crippen molar-refractivity contribution < 1.29 is 14.4 Å². The van der Waals surface area contributed by atoms with Gasteiger partial charge in [0.05, 0.1) is 6.04 Å². The lowest BCUT2D eigenvalue weighted by molar-refractivity contribution is -0.136. The molecule has 0 saturated carbocycles. The Hall–Kier alpha value is -2.57. The summed E-state index contributed by atoms with van der Waals surface area (Å²) in [6.45, 7) is 3.16. The molecular formula is C18H24N4O3. The highest BCUT2D eigenvalue weighted by Crippen LogP contribution is 2.23. The molecule has 7 heteroatoms. The monoisotopic (exact) mass is 344 g/mol. The fourth-order valence-electron chi connectivity index (χ4n) is 3.59. The molecule has 134 valence electrons. The first-order valence-electron chi connectivity index (χ1n) is 8.66. The van der Waals surface area contributed by atoms with Crippen LogP contribution in [-0.2, 0) is 16.0 Å². The second-order valence-electron chi connectivity index (χ2n) is 6.68. The molecule has 2 saturated heterocycles. The number of urea groups is 1. The SMILES string of the molecule is CC(=O)NC1CC2CN(C(=O)NCCc3ccccc3)CC(=O)N2C1. The summed E-state index contributed by atoms with van der Waals surface area (Å²) in [7, 11) is 0. The molecule has 2 N–H and O–H groups in total. The minimum Gasteiger partial charge on any atom is -0.352 e. The Morgan fingerprint density at radius 1 is 1.20 bits per heavy atom. The van der Waals surface area contributed by atoms with E-state index < -0.39 is 0 Å². The quantitative estimate of drug-likeness (QED) is 0.827. The maximum Gasteiger partial charge on any atom is 0.317 e. The van der Waals surface area contributed by atoms with E-state index in [2.05, 4.69) is 10.6 Å². The van der Waals surface area contributed by atoms with E-state index in [-0.39, 0.29) is 36.5 Å². The van der Waals surface area contributed by atoms with Crippen LogP contribution < -0.4 is 10.6 Å². The highest BCUT2D eigenvalue weighted by atomic mass is 16.2. The summed E-state index contributed by atoms with van der Waals surface area (Å²) in [6.07, 6.45) is 1.45. The predicted octanol–water partition coefficient (Wildman–Crippen LogP) is 0.360. The van der Waals surface area contributed by atoms with Crippen molar-refractivity contribution in [2.75, 3.05) is 26.2 Å². The van der Waals surface area contributed by atoms with Crippen molar-refractivity contribution in [1.29, 1.82) is 0 Å². The zero-order chi connectivity index (χ0) is 17.8. The van der Waals surface area contributed by atoms with Gasteiger partial charge in [-0.25, -0.2) is 4.79 Å². The van der Waals surface area contributed by atoms with Crippen LogP contribution in [0.2, 0.25) is 0 Å². The Morgan fingerprint density at radius 2 is 1.96 bits per heavy atom. The average molecular weight is 344 g/mol. The summed E-state index contributed by atoms with van der Waals surface area (Å²) < 4.78 is 0. The maximum atomic E-state index is 12.4. The number of nitrogens with zero attached hydrogens (tertiary/aromatic N) is 2. The topological polar surface area (TPSA) is 81.8 Å². The lowest BCUT2D eigenvalue weighted by Crippen LogP contribution is -2.57. The number of amides is 4. The van der Waals surface area contributed by atoms with Crippen LogP contribution >= 0.6 is 0 Å². The lowest BCUT2D eigenvalue weighted by Gasteiger charge is -2.36. The largest absolute Gasteiger partial charge is 0.352 e. The molecule has 0 spiro atoms. The standard InChI is InChI=1S/C18H24N4O3/c1-13(23)20-15-9-16-11-21(12-17(24)22(16)10-15)18(25)19-8-7-14-5-3-2-4-6-14/h2-6,15-16H,7-12H2,1H3,(H,19,25)(H,20,23). The van der Waals surface area contributed by atoms with Gasteiger partial charge in [-0.15, -0.1) is 0 Å². The number of hydrogen-bond acceptors (Lipinski definition) is 3. The van der Waals surface area contributed by atoms with Gasteiger partial charge in [0.2, 0.25) is 11.8 Å². The van der Waals surface area contributed by atoms with Gasteiger partial charge in [0.25, 0.3) is 0 Å². The summed E-state index contributed by atoms with van der Waals surface area (Å²) in [5.41, 5.74) is 1.16. The highest BCUT2D eigenvalue weighted by Gasteiger charge is 2.41. The van der Waals surface area contributed by atoms with Gasteiger partial charge in [-0.1, -0.05) is 30.3 Å². The molecular weight excluding hydrogens is 320 g/mol. The van der Waals surface area contributed by atoms with E-state index in [1.54, 1.807) is 9.80 Å². The van der Waals surface area contributed by atoms with Crippen molar-refractivity contribution in [2.45, 2.75) is 31.8 Å². The molecule has 25 heavy (non-hydrogen) atoms. The first kappa shape index (κ1) is 17.3. The Labute approximate surface area is 147 Å². The van der Waals surface area contributed by atoms with Crippen LogP contribution in [0.4, 0.5) is 4.79 Å². The molecule has 2 atom stereocenters. The smallest absolute Gasteiger partial charge is 0.317 e. The number of rotatable bonds is 4. The van der Waals surface area contributed by atoms with Crippen LogP contribution in [0.3, 0.4) is 0 Å². The Bertz CT molecular complexity index is 649. The van der Waals surface area contributed by atoms with E-state index in [9.17, 15) is 14.4 Å². The Kier molecular flexibility index (Phi) is 5.21. The number of fused-ring (bicyclic) bond motifs is 1. The predicted molar refractivity (Wildman–Crippen MR) is 92.8 cm³/mol. The third-order valence-corrected chi connectivity index (χ3v) is 4.72. The van der Waals surface area contributed by atoms with Crippen LogP contribution in [0.25, 0.3) is 0 Å². The molecule has 0 radical (unpaired) electrons. The Morgan fingerprint density at radius 3 is 2.68 bits per heavy atom. The number of hydrogen-bond donors (Lipinski definition) is 2. The molecule has 0 bridgehead atoms. The summed E-state index contributed by atoms with van der Waals surface area (Å²) in [4.78, 5) is 39.2.